The molecule has 7 heteroatoms. The van der Waals surface area contributed by atoms with Crippen LogP contribution in [0.4, 0.5) is 0 Å². The van der Waals surface area contributed by atoms with Crippen LogP contribution < -0.4 is 5.19 Å². The van der Waals surface area contributed by atoms with Crippen molar-refractivity contribution in [3.05, 3.63) is 30.3 Å². The Kier molecular flexibility index (Phi) is 7.83. The lowest BCUT2D eigenvalue weighted by Gasteiger charge is -2.25. The van der Waals surface area contributed by atoms with Crippen molar-refractivity contribution in [2.75, 3.05) is 19.8 Å². The second-order valence-corrected chi connectivity index (χ2v) is 5.58. The van der Waals surface area contributed by atoms with Crippen LogP contribution in [-0.4, -0.2) is 28.6 Å². The molecular weight excluding hydrogens is 268 g/mol. The fourth-order valence-corrected chi connectivity index (χ4v) is 3.03. The molecule has 1 rings (SSSR count). The molecule has 0 saturated heterocycles. The van der Waals surface area contributed by atoms with Gasteiger partial charge in [0.05, 0.1) is 19.8 Å². The molecule has 0 spiro atoms. The number of benzene rings is 1. The van der Waals surface area contributed by atoms with Crippen molar-refractivity contribution < 1.29 is 28.4 Å². The van der Waals surface area contributed by atoms with E-state index in [4.69, 9.17) is 28.4 Å². The Morgan fingerprint density at radius 2 is 1.16 bits per heavy atom. The topological polar surface area (TPSA) is 55.4 Å². The molecule has 0 heterocycles. The van der Waals surface area contributed by atoms with Crippen molar-refractivity contribution >= 4 is 14.0 Å². The van der Waals surface area contributed by atoms with Crippen molar-refractivity contribution in [3.63, 3.8) is 0 Å². The molecule has 0 aliphatic carbocycles. The summed E-state index contributed by atoms with van der Waals surface area (Å²) in [5, 5.41) is 0.686. The highest BCUT2D eigenvalue weighted by molar-refractivity contribution is 6.74. The van der Waals surface area contributed by atoms with Crippen molar-refractivity contribution in [2.24, 2.45) is 0 Å². The molecule has 0 saturated carbocycles. The standard InChI is InChI=1S/C12H20O6Si/c1-4-13-16-19(17-14-5-2,18-15-6-3)12-10-8-7-9-11-12/h7-11H,4-6H2,1-3H3. The van der Waals surface area contributed by atoms with Gasteiger partial charge in [0.25, 0.3) is 0 Å². The van der Waals surface area contributed by atoms with Gasteiger partial charge >= 0.3 is 8.80 Å². The molecule has 0 aliphatic rings. The fraction of sp³-hybridized carbons (Fsp3) is 0.500. The Balaban J connectivity index is 2.94. The van der Waals surface area contributed by atoms with Crippen LogP contribution in [0.5, 0.6) is 0 Å². The van der Waals surface area contributed by atoms with Crippen LogP contribution in [0.15, 0.2) is 30.3 Å². The highest BCUT2D eigenvalue weighted by Crippen LogP contribution is 2.12. The zero-order valence-corrected chi connectivity index (χ0v) is 12.5. The van der Waals surface area contributed by atoms with E-state index >= 15 is 0 Å². The van der Waals surface area contributed by atoms with Crippen molar-refractivity contribution in [2.45, 2.75) is 20.8 Å². The summed E-state index contributed by atoms with van der Waals surface area (Å²) < 4.78 is 15.9. The van der Waals surface area contributed by atoms with Crippen LogP contribution >= 0.6 is 0 Å². The van der Waals surface area contributed by atoms with E-state index < -0.39 is 8.80 Å². The molecule has 6 nitrogen and oxygen atoms in total. The van der Waals surface area contributed by atoms with Gasteiger partial charge in [0.1, 0.15) is 0 Å². The fourth-order valence-electron chi connectivity index (χ4n) is 1.24. The Hall–Kier alpha value is -0.803. The SMILES string of the molecule is CCOO[Si](OOCC)(OOCC)c1ccccc1. The van der Waals surface area contributed by atoms with Gasteiger partial charge < -0.3 is 0 Å². The van der Waals surface area contributed by atoms with Crippen molar-refractivity contribution in [3.8, 4) is 0 Å². The molecule has 0 atom stereocenters. The molecule has 19 heavy (non-hydrogen) atoms. The largest absolute Gasteiger partial charge is 0.620 e. The summed E-state index contributed by atoms with van der Waals surface area (Å²) in [6.07, 6.45) is 0. The minimum atomic E-state index is -3.40. The van der Waals surface area contributed by atoms with E-state index in [1.54, 1.807) is 20.8 Å². The van der Waals surface area contributed by atoms with Crippen LogP contribution in [0.25, 0.3) is 0 Å². The maximum absolute atomic E-state index is 5.31. The summed E-state index contributed by atoms with van der Waals surface area (Å²) in [6, 6.07) is 9.19. The lowest BCUT2D eigenvalue weighted by atomic mass is 10.4. The number of rotatable bonds is 10. The number of hydrogen-bond acceptors (Lipinski definition) is 6. The monoisotopic (exact) mass is 288 g/mol. The van der Waals surface area contributed by atoms with E-state index in [1.807, 2.05) is 30.3 Å². The van der Waals surface area contributed by atoms with Crippen LogP contribution in [0.2, 0.25) is 0 Å². The lowest BCUT2D eigenvalue weighted by molar-refractivity contribution is -0.354. The highest BCUT2D eigenvalue weighted by atomic mass is 28.4. The summed E-state index contributed by atoms with van der Waals surface area (Å²) in [5.41, 5.74) is 0. The second-order valence-electron chi connectivity index (χ2n) is 3.39. The molecule has 0 unspecified atom stereocenters. The molecule has 0 aromatic heterocycles. The predicted octanol–water partition coefficient (Wildman–Crippen LogP) is 1.74. The molecule has 0 N–H and O–H groups in total. The predicted molar refractivity (Wildman–Crippen MR) is 70.0 cm³/mol. The zero-order chi connectivity index (χ0) is 14.0. The van der Waals surface area contributed by atoms with Crippen LogP contribution in [-0.2, 0) is 28.4 Å². The van der Waals surface area contributed by atoms with Gasteiger partial charge in [-0.2, -0.15) is 0 Å². The van der Waals surface area contributed by atoms with E-state index in [-0.39, 0.29) is 0 Å². The minimum absolute atomic E-state index is 0.354. The number of hydrogen-bond donors (Lipinski definition) is 0. The molecule has 1 aromatic rings. The Labute approximate surface area is 114 Å². The van der Waals surface area contributed by atoms with Gasteiger partial charge in [-0.1, -0.05) is 30.3 Å². The first kappa shape index (κ1) is 16.3. The van der Waals surface area contributed by atoms with Crippen LogP contribution in [0.1, 0.15) is 20.8 Å². The molecule has 108 valence electrons. The second kappa shape index (κ2) is 9.16. The van der Waals surface area contributed by atoms with Gasteiger partial charge in [-0.05, 0) is 20.8 Å². The maximum Gasteiger partial charge on any atom is 0.620 e. The molecule has 0 aliphatic heterocycles. The summed E-state index contributed by atoms with van der Waals surface area (Å²) in [5.74, 6) is 0. The Bertz CT molecular complexity index is 312. The van der Waals surface area contributed by atoms with Gasteiger partial charge in [0.15, 0.2) is 0 Å². The van der Waals surface area contributed by atoms with E-state index in [0.717, 1.165) is 0 Å². The normalized spacial score (nSPS) is 11.7. The smallest absolute Gasteiger partial charge is 0.243 e. The minimum Gasteiger partial charge on any atom is -0.243 e. The summed E-state index contributed by atoms with van der Waals surface area (Å²) in [4.78, 5) is 15.0. The quantitative estimate of drug-likeness (QED) is 0.371. The summed E-state index contributed by atoms with van der Waals surface area (Å²) in [7, 11) is -3.40. The van der Waals surface area contributed by atoms with Gasteiger partial charge in [0.2, 0.25) is 0 Å². The van der Waals surface area contributed by atoms with Gasteiger partial charge in [-0.15, -0.1) is 0 Å². The summed E-state index contributed by atoms with van der Waals surface area (Å²) in [6.45, 7) is 6.45. The van der Waals surface area contributed by atoms with Crippen LogP contribution in [0, 0.1) is 0 Å². The van der Waals surface area contributed by atoms with Gasteiger partial charge in [-0.3, -0.25) is 0 Å². The highest BCUT2D eigenvalue weighted by Gasteiger charge is 2.49. The third kappa shape index (κ3) is 5.00. The van der Waals surface area contributed by atoms with E-state index in [2.05, 4.69) is 0 Å². The first-order valence-corrected chi connectivity index (χ1v) is 7.99. The Morgan fingerprint density at radius 1 is 0.737 bits per heavy atom. The zero-order valence-electron chi connectivity index (χ0n) is 11.5. The average molecular weight is 288 g/mol. The molecule has 0 radical (unpaired) electrons. The van der Waals surface area contributed by atoms with Crippen molar-refractivity contribution in [1.82, 2.24) is 0 Å². The third-order valence-corrected chi connectivity index (χ3v) is 4.04. The maximum atomic E-state index is 5.31. The first-order valence-electron chi connectivity index (χ1n) is 6.26. The van der Waals surface area contributed by atoms with E-state index in [1.165, 1.54) is 0 Å². The van der Waals surface area contributed by atoms with Crippen molar-refractivity contribution in [1.29, 1.82) is 0 Å². The molecule has 1 aromatic carbocycles. The molecule has 0 amide bonds. The van der Waals surface area contributed by atoms with E-state index in [0.29, 0.717) is 25.0 Å². The molecular formula is C12H20O6Si. The first-order chi connectivity index (χ1) is 9.29. The van der Waals surface area contributed by atoms with E-state index in [9.17, 15) is 0 Å². The average Bonchev–Trinajstić information content (AvgIpc) is 2.48. The Morgan fingerprint density at radius 3 is 1.53 bits per heavy atom. The van der Waals surface area contributed by atoms with Gasteiger partial charge in [-0.25, -0.2) is 28.4 Å². The third-order valence-electron chi connectivity index (χ3n) is 1.99. The van der Waals surface area contributed by atoms with Crippen LogP contribution in [0.3, 0.4) is 0 Å². The molecule has 0 bridgehead atoms. The molecule has 0 fully saturated rings. The summed E-state index contributed by atoms with van der Waals surface area (Å²) >= 11 is 0. The lowest BCUT2D eigenvalue weighted by Crippen LogP contribution is -2.56. The van der Waals surface area contributed by atoms with Gasteiger partial charge in [0, 0.05) is 5.19 Å².